The van der Waals surface area contributed by atoms with E-state index in [9.17, 15) is 0 Å². The second-order valence-electron chi connectivity index (χ2n) is 18.3. The Hall–Kier alpha value is -6.84. The van der Waals surface area contributed by atoms with Crippen LogP contribution in [0.25, 0.3) is 99.2 Å². The molecule has 8 aromatic carbocycles. The van der Waals surface area contributed by atoms with E-state index in [2.05, 4.69) is 208 Å². The van der Waals surface area contributed by atoms with Crippen LogP contribution >= 0.6 is 0 Å². The fourth-order valence-electron chi connectivity index (χ4n) is 9.16. The molecule has 0 saturated carbocycles. The Morgan fingerprint density at radius 3 is 1.27 bits per heavy atom. The Morgan fingerprint density at radius 1 is 0.322 bits per heavy atom. The van der Waals surface area contributed by atoms with Gasteiger partial charge in [-0.25, -0.2) is 0 Å². The molecule has 0 amide bonds. The van der Waals surface area contributed by atoms with E-state index < -0.39 is 0 Å². The second kappa shape index (κ2) is 12.8. The zero-order chi connectivity index (χ0) is 40.2. The van der Waals surface area contributed by atoms with Crippen LogP contribution in [-0.2, 0) is 10.8 Å². The van der Waals surface area contributed by atoms with Gasteiger partial charge in [0, 0.05) is 49.8 Å². The molecule has 0 saturated heterocycles. The quantitative estimate of drug-likeness (QED) is 0.175. The lowest BCUT2D eigenvalue weighted by atomic mass is 9.85. The normalized spacial score (nSPS) is 12.6. The highest BCUT2D eigenvalue weighted by Crippen LogP contribution is 2.40. The van der Waals surface area contributed by atoms with Gasteiger partial charge in [0.2, 0.25) is 0 Å². The molecular formula is C56H46N2O. The number of para-hydroxylation sites is 2. The molecule has 0 bridgehead atoms. The summed E-state index contributed by atoms with van der Waals surface area (Å²) >= 11 is 0. The lowest BCUT2D eigenvalue weighted by Gasteiger charge is -2.19. The third-order valence-corrected chi connectivity index (χ3v) is 12.5. The van der Waals surface area contributed by atoms with Crippen LogP contribution in [-0.4, -0.2) is 9.13 Å². The van der Waals surface area contributed by atoms with Crippen molar-refractivity contribution in [3.05, 3.63) is 181 Å². The van der Waals surface area contributed by atoms with Crippen molar-refractivity contribution in [3.63, 3.8) is 0 Å². The molecule has 0 atom stereocenters. The molecular weight excluding hydrogens is 717 g/mol. The van der Waals surface area contributed by atoms with E-state index in [1.54, 1.807) is 0 Å². The first kappa shape index (κ1) is 35.3. The smallest absolute Gasteiger partial charge is 0.137 e. The average molecular weight is 763 g/mol. The topological polar surface area (TPSA) is 23.0 Å². The maximum Gasteiger partial charge on any atom is 0.137 e. The van der Waals surface area contributed by atoms with Gasteiger partial charge < -0.3 is 13.6 Å². The zero-order valence-corrected chi connectivity index (χ0v) is 34.5. The van der Waals surface area contributed by atoms with Crippen LogP contribution in [0.4, 0.5) is 0 Å². The van der Waals surface area contributed by atoms with Crippen LogP contribution in [0.5, 0.6) is 0 Å². The van der Waals surface area contributed by atoms with Crippen molar-refractivity contribution in [2.24, 2.45) is 0 Å². The van der Waals surface area contributed by atoms with E-state index in [-0.39, 0.29) is 10.8 Å². The van der Waals surface area contributed by atoms with Crippen LogP contribution in [0.1, 0.15) is 52.7 Å². The van der Waals surface area contributed by atoms with Crippen LogP contribution < -0.4 is 0 Å². The molecule has 0 aliphatic rings. The Kier molecular flexibility index (Phi) is 7.68. The molecule has 11 aromatic rings. The molecule has 0 fully saturated rings. The lowest BCUT2D eigenvalue weighted by Crippen LogP contribution is -2.10. The SMILES string of the molecule is CC(C)(C)c1ccc2c(c1)c1cc(C(C)(C)C)ccc1n2-c1ccc(-c2ccc(-c3ccc(-n4c5ccccc5c5cc6c(cc54)oc4ccccc46)cc3)cc2)cc1. The predicted molar refractivity (Wildman–Crippen MR) is 251 cm³/mol. The Labute approximate surface area is 344 Å². The Morgan fingerprint density at radius 2 is 0.746 bits per heavy atom. The molecule has 11 rings (SSSR count). The molecule has 3 aromatic heterocycles. The lowest BCUT2D eigenvalue weighted by molar-refractivity contribution is 0.590. The summed E-state index contributed by atoms with van der Waals surface area (Å²) < 4.78 is 11.1. The average Bonchev–Trinajstić information content (AvgIpc) is 3.89. The van der Waals surface area contributed by atoms with E-state index in [0.717, 1.165) is 33.1 Å². The van der Waals surface area contributed by atoms with Crippen molar-refractivity contribution in [3.8, 4) is 33.6 Å². The maximum atomic E-state index is 6.33. The molecule has 0 aliphatic carbocycles. The standard InChI is InChI=1S/C56H46N2O/c1-55(2,3)39-23-29-50-45(31-39)46-32-40(56(4,5)6)24-30-51(46)57(50)41-25-19-37(20-26-41)35-15-17-36(18-16-35)38-21-27-42(28-22-38)58-49-13-9-7-11-43(49)47-33-48-44-12-8-10-14-53(44)59-54(48)34-52(47)58/h7-34H,1-6H3. The second-order valence-corrected chi connectivity index (χ2v) is 18.3. The number of benzene rings is 8. The Bertz CT molecular complexity index is 3340. The van der Waals surface area contributed by atoms with Crippen molar-refractivity contribution in [1.82, 2.24) is 9.13 Å². The van der Waals surface area contributed by atoms with Crippen LogP contribution in [0.15, 0.2) is 174 Å². The minimum Gasteiger partial charge on any atom is -0.456 e. The van der Waals surface area contributed by atoms with Crippen molar-refractivity contribution >= 4 is 65.6 Å². The fraction of sp³-hybridized carbons (Fsp3) is 0.143. The molecule has 0 radical (unpaired) electrons. The van der Waals surface area contributed by atoms with E-state index >= 15 is 0 Å². The third-order valence-electron chi connectivity index (χ3n) is 12.5. The van der Waals surface area contributed by atoms with Crippen molar-refractivity contribution in [2.75, 3.05) is 0 Å². The van der Waals surface area contributed by atoms with Gasteiger partial charge >= 0.3 is 0 Å². The molecule has 0 aliphatic heterocycles. The molecule has 3 nitrogen and oxygen atoms in total. The molecule has 0 unspecified atom stereocenters. The van der Waals surface area contributed by atoms with Gasteiger partial charge in [0.15, 0.2) is 0 Å². The summed E-state index contributed by atoms with van der Waals surface area (Å²) in [4.78, 5) is 0. The summed E-state index contributed by atoms with van der Waals surface area (Å²) in [6.07, 6.45) is 0. The van der Waals surface area contributed by atoms with E-state index in [1.165, 1.54) is 77.2 Å². The minimum absolute atomic E-state index is 0.0727. The number of hydrogen-bond acceptors (Lipinski definition) is 1. The summed E-state index contributed by atoms with van der Waals surface area (Å²) in [6.45, 7) is 13.8. The first-order valence-electron chi connectivity index (χ1n) is 20.7. The highest BCUT2D eigenvalue weighted by Gasteiger charge is 2.21. The summed E-state index contributed by atoms with van der Waals surface area (Å²) in [5.41, 5.74) is 16.6. The van der Waals surface area contributed by atoms with Gasteiger partial charge in [-0.3, -0.25) is 0 Å². The summed E-state index contributed by atoms with van der Waals surface area (Å²) in [7, 11) is 0. The van der Waals surface area contributed by atoms with Crippen molar-refractivity contribution < 1.29 is 4.42 Å². The number of rotatable bonds is 4. The predicted octanol–water partition coefficient (Wildman–Crippen LogP) is 15.7. The summed E-state index contributed by atoms with van der Waals surface area (Å²) in [6, 6.07) is 62.5. The fourth-order valence-corrected chi connectivity index (χ4v) is 9.16. The van der Waals surface area contributed by atoms with Crippen LogP contribution in [0, 0.1) is 0 Å². The molecule has 59 heavy (non-hydrogen) atoms. The monoisotopic (exact) mass is 762 g/mol. The number of fused-ring (bicyclic) bond motifs is 9. The summed E-state index contributed by atoms with van der Waals surface area (Å²) in [5.74, 6) is 0. The van der Waals surface area contributed by atoms with Gasteiger partial charge in [0.1, 0.15) is 11.2 Å². The van der Waals surface area contributed by atoms with Gasteiger partial charge in [-0.15, -0.1) is 0 Å². The van der Waals surface area contributed by atoms with Gasteiger partial charge in [-0.05, 0) is 111 Å². The molecule has 3 heterocycles. The van der Waals surface area contributed by atoms with Crippen molar-refractivity contribution in [1.29, 1.82) is 0 Å². The van der Waals surface area contributed by atoms with Gasteiger partial charge in [0.25, 0.3) is 0 Å². The highest BCUT2D eigenvalue weighted by atomic mass is 16.3. The number of nitrogens with zero attached hydrogens (tertiary/aromatic N) is 2. The first-order valence-corrected chi connectivity index (χ1v) is 20.7. The van der Waals surface area contributed by atoms with Gasteiger partial charge in [0.05, 0.1) is 22.1 Å². The molecule has 0 spiro atoms. The van der Waals surface area contributed by atoms with Gasteiger partial charge in [-0.1, -0.05) is 139 Å². The third kappa shape index (κ3) is 5.71. The van der Waals surface area contributed by atoms with Crippen molar-refractivity contribution in [2.45, 2.75) is 52.4 Å². The number of hydrogen-bond donors (Lipinski definition) is 0. The first-order chi connectivity index (χ1) is 28.5. The van der Waals surface area contributed by atoms with E-state index in [0.29, 0.717) is 0 Å². The zero-order valence-electron chi connectivity index (χ0n) is 34.5. The molecule has 3 heteroatoms. The Balaban J connectivity index is 0.911. The number of aromatic nitrogens is 2. The molecule has 286 valence electrons. The summed E-state index contributed by atoms with van der Waals surface area (Å²) in [5, 5.41) is 7.39. The van der Waals surface area contributed by atoms with Gasteiger partial charge in [-0.2, -0.15) is 0 Å². The highest BCUT2D eigenvalue weighted by molar-refractivity contribution is 6.17. The van der Waals surface area contributed by atoms with E-state index in [4.69, 9.17) is 4.42 Å². The van der Waals surface area contributed by atoms with Crippen LogP contribution in [0.3, 0.4) is 0 Å². The van der Waals surface area contributed by atoms with E-state index in [1.807, 2.05) is 12.1 Å². The molecule has 0 N–H and O–H groups in total. The maximum absolute atomic E-state index is 6.33. The number of furan rings is 1. The van der Waals surface area contributed by atoms with Crippen LogP contribution in [0.2, 0.25) is 0 Å². The minimum atomic E-state index is 0.0727. The largest absolute Gasteiger partial charge is 0.456 e.